The molecule has 6 heteroatoms. The summed E-state index contributed by atoms with van der Waals surface area (Å²) in [7, 11) is 0. The van der Waals surface area contributed by atoms with Crippen LogP contribution in [-0.2, 0) is 13.2 Å². The maximum atomic E-state index is 5.81. The molecule has 1 heterocycles. The normalized spacial score (nSPS) is 10.6. The Morgan fingerprint density at radius 2 is 1.95 bits per heavy atom. The van der Waals surface area contributed by atoms with Gasteiger partial charge in [0.25, 0.3) is 0 Å². The molecule has 0 bridgehead atoms. The molecule has 1 N–H and O–H groups in total. The van der Waals surface area contributed by atoms with Gasteiger partial charge in [-0.2, -0.15) is 0 Å². The molecule has 0 fully saturated rings. The first-order chi connectivity index (χ1) is 9.28. The van der Waals surface area contributed by atoms with Crippen molar-refractivity contribution >= 4 is 22.9 Å². The summed E-state index contributed by atoms with van der Waals surface area (Å²) in [4.78, 5) is 0. The van der Waals surface area contributed by atoms with Crippen molar-refractivity contribution in [2.45, 2.75) is 26.5 Å². The van der Waals surface area contributed by atoms with E-state index in [9.17, 15) is 0 Å². The topological polar surface area (TPSA) is 47.0 Å². The van der Waals surface area contributed by atoms with Crippen LogP contribution in [0.5, 0.6) is 5.75 Å². The van der Waals surface area contributed by atoms with E-state index < -0.39 is 0 Å². The summed E-state index contributed by atoms with van der Waals surface area (Å²) >= 11 is 7.38. The molecule has 0 aliphatic carbocycles. The van der Waals surface area contributed by atoms with Crippen LogP contribution >= 0.6 is 22.9 Å². The molecule has 0 aliphatic heterocycles. The van der Waals surface area contributed by atoms with Crippen molar-refractivity contribution in [1.82, 2.24) is 15.5 Å². The van der Waals surface area contributed by atoms with E-state index >= 15 is 0 Å². The summed E-state index contributed by atoms with van der Waals surface area (Å²) in [6.45, 7) is 4.34. The van der Waals surface area contributed by atoms with Crippen LogP contribution in [0.25, 0.3) is 0 Å². The summed E-state index contributed by atoms with van der Waals surface area (Å²) < 4.78 is 5.61. The van der Waals surface area contributed by atoms with Crippen LogP contribution < -0.4 is 10.1 Å². The fourth-order valence-electron chi connectivity index (χ4n) is 1.47. The number of nitrogens with one attached hydrogen (secondary N) is 1. The van der Waals surface area contributed by atoms with Crippen LogP contribution in [0.2, 0.25) is 5.02 Å². The molecule has 1 aromatic carbocycles. The van der Waals surface area contributed by atoms with Crippen molar-refractivity contribution in [2.75, 3.05) is 6.54 Å². The Morgan fingerprint density at radius 1 is 1.21 bits per heavy atom. The van der Waals surface area contributed by atoms with E-state index in [1.165, 1.54) is 0 Å². The van der Waals surface area contributed by atoms with Gasteiger partial charge < -0.3 is 10.1 Å². The second kappa shape index (κ2) is 7.43. The summed E-state index contributed by atoms with van der Waals surface area (Å²) in [6, 6.07) is 7.29. The lowest BCUT2D eigenvalue weighted by Gasteiger charge is -2.02. The third-order valence-corrected chi connectivity index (χ3v) is 3.54. The Balaban J connectivity index is 1.81. The van der Waals surface area contributed by atoms with Crippen molar-refractivity contribution in [3.63, 3.8) is 0 Å². The maximum absolute atomic E-state index is 5.81. The monoisotopic (exact) mass is 297 g/mol. The molecule has 0 saturated heterocycles. The molecule has 0 atom stereocenters. The fraction of sp³-hybridized carbons (Fsp3) is 0.385. The molecule has 1 aromatic heterocycles. The van der Waals surface area contributed by atoms with Crippen LogP contribution in [0.3, 0.4) is 0 Å². The van der Waals surface area contributed by atoms with Crippen molar-refractivity contribution in [3.8, 4) is 5.75 Å². The van der Waals surface area contributed by atoms with E-state index in [1.807, 2.05) is 12.1 Å². The highest BCUT2D eigenvalue weighted by Crippen LogP contribution is 2.18. The van der Waals surface area contributed by atoms with Gasteiger partial charge in [-0.15, -0.1) is 10.2 Å². The minimum absolute atomic E-state index is 0.438. The van der Waals surface area contributed by atoms with Crippen LogP contribution in [0.15, 0.2) is 24.3 Å². The maximum Gasteiger partial charge on any atom is 0.155 e. The van der Waals surface area contributed by atoms with Gasteiger partial charge in [0.05, 0.1) is 0 Å². The minimum Gasteiger partial charge on any atom is -0.486 e. The first-order valence-electron chi connectivity index (χ1n) is 6.18. The van der Waals surface area contributed by atoms with Gasteiger partial charge in [-0.1, -0.05) is 29.9 Å². The summed E-state index contributed by atoms with van der Waals surface area (Å²) in [5.74, 6) is 0.783. The summed E-state index contributed by atoms with van der Waals surface area (Å²) in [5, 5.41) is 14.1. The lowest BCUT2D eigenvalue weighted by atomic mass is 10.3. The van der Waals surface area contributed by atoms with Crippen molar-refractivity contribution in [1.29, 1.82) is 0 Å². The standard InChI is InChI=1S/C13H16ClN3OS/c1-2-7-15-8-12-16-17-13(19-12)9-18-11-5-3-10(14)4-6-11/h3-6,15H,2,7-9H2,1H3. The minimum atomic E-state index is 0.438. The number of hydrogen-bond acceptors (Lipinski definition) is 5. The smallest absolute Gasteiger partial charge is 0.155 e. The molecule has 0 unspecified atom stereocenters. The fourth-order valence-corrected chi connectivity index (χ4v) is 2.32. The molecule has 0 radical (unpaired) electrons. The molecule has 19 heavy (non-hydrogen) atoms. The van der Waals surface area contributed by atoms with E-state index in [-0.39, 0.29) is 0 Å². The van der Waals surface area contributed by atoms with Crippen LogP contribution in [0.1, 0.15) is 23.4 Å². The van der Waals surface area contributed by atoms with E-state index in [0.717, 1.165) is 35.3 Å². The van der Waals surface area contributed by atoms with Crippen LogP contribution in [0, 0.1) is 0 Å². The first kappa shape index (κ1) is 14.2. The highest BCUT2D eigenvalue weighted by Gasteiger charge is 2.04. The molecule has 0 saturated carbocycles. The van der Waals surface area contributed by atoms with E-state index in [0.29, 0.717) is 11.6 Å². The summed E-state index contributed by atoms with van der Waals surface area (Å²) in [6.07, 6.45) is 1.12. The predicted octanol–water partition coefficient (Wildman–Crippen LogP) is 3.27. The van der Waals surface area contributed by atoms with Gasteiger partial charge in [-0.3, -0.25) is 0 Å². The zero-order chi connectivity index (χ0) is 13.5. The Kier molecular flexibility index (Phi) is 5.57. The van der Waals surface area contributed by atoms with Gasteiger partial charge in [0, 0.05) is 11.6 Å². The van der Waals surface area contributed by atoms with Crippen LogP contribution in [-0.4, -0.2) is 16.7 Å². The zero-order valence-corrected chi connectivity index (χ0v) is 12.3. The molecule has 0 aliphatic rings. The average molecular weight is 298 g/mol. The van der Waals surface area contributed by atoms with Gasteiger partial charge in [0.15, 0.2) is 5.01 Å². The summed E-state index contributed by atoms with van der Waals surface area (Å²) in [5.41, 5.74) is 0. The number of aromatic nitrogens is 2. The van der Waals surface area contributed by atoms with Gasteiger partial charge in [0.2, 0.25) is 0 Å². The largest absolute Gasteiger partial charge is 0.486 e. The van der Waals surface area contributed by atoms with Gasteiger partial charge in [-0.25, -0.2) is 0 Å². The first-order valence-corrected chi connectivity index (χ1v) is 7.37. The highest BCUT2D eigenvalue weighted by atomic mass is 35.5. The molecule has 2 rings (SSSR count). The third-order valence-electron chi connectivity index (χ3n) is 2.39. The molecular formula is C13H16ClN3OS. The molecule has 0 spiro atoms. The van der Waals surface area contributed by atoms with E-state index in [1.54, 1.807) is 23.5 Å². The number of nitrogens with zero attached hydrogens (tertiary/aromatic N) is 2. The zero-order valence-electron chi connectivity index (χ0n) is 10.7. The number of benzene rings is 1. The second-order valence-electron chi connectivity index (χ2n) is 4.01. The quantitative estimate of drug-likeness (QED) is 0.797. The Hall–Kier alpha value is -1.17. The second-order valence-corrected chi connectivity index (χ2v) is 5.59. The number of rotatable bonds is 7. The average Bonchev–Trinajstić information content (AvgIpc) is 2.86. The number of ether oxygens (including phenoxy) is 1. The van der Waals surface area contributed by atoms with Crippen LogP contribution in [0.4, 0.5) is 0 Å². The Bertz CT molecular complexity index is 501. The molecular weight excluding hydrogens is 282 g/mol. The predicted molar refractivity (Wildman–Crippen MR) is 77.7 cm³/mol. The van der Waals surface area contributed by atoms with Gasteiger partial charge in [-0.05, 0) is 37.2 Å². The third kappa shape index (κ3) is 4.78. The highest BCUT2D eigenvalue weighted by molar-refractivity contribution is 7.11. The Morgan fingerprint density at radius 3 is 2.68 bits per heavy atom. The SMILES string of the molecule is CCCNCc1nnc(COc2ccc(Cl)cc2)s1. The molecule has 2 aromatic rings. The van der Waals surface area contributed by atoms with Crippen molar-refractivity contribution < 1.29 is 4.74 Å². The molecule has 0 amide bonds. The molecule has 102 valence electrons. The molecule has 4 nitrogen and oxygen atoms in total. The Labute approximate surface area is 121 Å². The number of halogens is 1. The lowest BCUT2D eigenvalue weighted by Crippen LogP contribution is -2.13. The van der Waals surface area contributed by atoms with E-state index in [2.05, 4.69) is 22.4 Å². The van der Waals surface area contributed by atoms with Gasteiger partial charge in [0.1, 0.15) is 17.4 Å². The number of hydrogen-bond donors (Lipinski definition) is 1. The lowest BCUT2D eigenvalue weighted by molar-refractivity contribution is 0.304. The van der Waals surface area contributed by atoms with Gasteiger partial charge >= 0.3 is 0 Å². The van der Waals surface area contributed by atoms with Crippen molar-refractivity contribution in [2.24, 2.45) is 0 Å². The van der Waals surface area contributed by atoms with E-state index in [4.69, 9.17) is 16.3 Å². The van der Waals surface area contributed by atoms with Crippen molar-refractivity contribution in [3.05, 3.63) is 39.3 Å².